The molecule has 3 nitrogen and oxygen atoms in total. The molecule has 0 spiro atoms. The van der Waals surface area contributed by atoms with E-state index in [1.165, 1.54) is 18.4 Å². The number of nitrogens with zero attached hydrogens (tertiary/aromatic N) is 1. The lowest BCUT2D eigenvalue weighted by molar-refractivity contribution is 0.242. The summed E-state index contributed by atoms with van der Waals surface area (Å²) in [6, 6.07) is 18.4. The number of nitrogens with one attached hydrogen (secondary N) is 1. The minimum Gasteiger partial charge on any atom is -0.327 e. The summed E-state index contributed by atoms with van der Waals surface area (Å²) in [5.74, 6) is 0.678. The maximum Gasteiger partial charge on any atom is 0.322 e. The summed E-state index contributed by atoms with van der Waals surface area (Å²) >= 11 is 0. The number of hydrogen-bond donors (Lipinski definition) is 1. The number of amides is 2. The third-order valence-electron chi connectivity index (χ3n) is 4.32. The first-order valence-corrected chi connectivity index (χ1v) is 7.55. The van der Waals surface area contributed by atoms with E-state index in [1.54, 1.807) is 0 Å². The number of carbonyl (C=O) groups is 1. The van der Waals surface area contributed by atoms with Gasteiger partial charge in [-0.1, -0.05) is 48.5 Å². The van der Waals surface area contributed by atoms with Crippen molar-refractivity contribution in [1.82, 2.24) is 5.32 Å². The van der Waals surface area contributed by atoms with Crippen LogP contribution in [0.3, 0.4) is 0 Å². The maximum atomic E-state index is 12.5. The molecule has 0 aromatic heterocycles. The molecule has 1 atom stereocenters. The van der Waals surface area contributed by atoms with Crippen molar-refractivity contribution in [2.75, 3.05) is 11.4 Å². The first kappa shape index (κ1) is 12.5. The molecule has 0 bridgehead atoms. The number of para-hydroxylation sites is 1. The van der Waals surface area contributed by atoms with Gasteiger partial charge >= 0.3 is 6.03 Å². The van der Waals surface area contributed by atoms with Crippen LogP contribution in [0.4, 0.5) is 10.5 Å². The number of rotatable bonds is 3. The summed E-state index contributed by atoms with van der Waals surface area (Å²) in [5, 5.41) is 3.16. The molecule has 3 heteroatoms. The van der Waals surface area contributed by atoms with Gasteiger partial charge in [0.2, 0.25) is 0 Å². The van der Waals surface area contributed by atoms with Crippen LogP contribution in [-0.4, -0.2) is 12.6 Å². The molecule has 21 heavy (non-hydrogen) atoms. The minimum absolute atomic E-state index is 0.0226. The normalized spacial score (nSPS) is 20.9. The molecular formula is C18H18N2O. The fourth-order valence-corrected chi connectivity index (χ4v) is 3.01. The van der Waals surface area contributed by atoms with E-state index in [9.17, 15) is 4.79 Å². The molecule has 0 radical (unpaired) electrons. The van der Waals surface area contributed by atoms with Gasteiger partial charge in [-0.3, -0.25) is 4.90 Å². The van der Waals surface area contributed by atoms with Crippen LogP contribution in [0.5, 0.6) is 0 Å². The van der Waals surface area contributed by atoms with Gasteiger partial charge < -0.3 is 5.32 Å². The molecule has 1 aliphatic heterocycles. The molecule has 2 amide bonds. The van der Waals surface area contributed by atoms with E-state index < -0.39 is 0 Å². The first-order chi connectivity index (χ1) is 10.3. The van der Waals surface area contributed by atoms with Crippen LogP contribution in [0.2, 0.25) is 0 Å². The molecule has 1 saturated carbocycles. The van der Waals surface area contributed by atoms with Gasteiger partial charge in [0.15, 0.2) is 0 Å². The van der Waals surface area contributed by atoms with Crippen LogP contribution < -0.4 is 10.2 Å². The Morgan fingerprint density at radius 1 is 1.00 bits per heavy atom. The van der Waals surface area contributed by atoms with Crippen molar-refractivity contribution in [3.05, 3.63) is 65.7 Å². The van der Waals surface area contributed by atoms with Gasteiger partial charge in [0.05, 0.1) is 11.7 Å². The lowest BCUT2D eigenvalue weighted by atomic mass is 9.95. The predicted molar refractivity (Wildman–Crippen MR) is 83.3 cm³/mol. The molecule has 2 aliphatic rings. The Bertz CT molecular complexity index is 664. The topological polar surface area (TPSA) is 32.3 Å². The lowest BCUT2D eigenvalue weighted by Crippen LogP contribution is -2.47. The van der Waals surface area contributed by atoms with Gasteiger partial charge in [-0.2, -0.15) is 0 Å². The second-order valence-corrected chi connectivity index (χ2v) is 5.91. The average molecular weight is 278 g/mol. The summed E-state index contributed by atoms with van der Waals surface area (Å²) in [7, 11) is 0. The van der Waals surface area contributed by atoms with Crippen molar-refractivity contribution in [3.8, 4) is 0 Å². The molecule has 2 aromatic carbocycles. The molecule has 1 aliphatic carbocycles. The van der Waals surface area contributed by atoms with Gasteiger partial charge in [-0.15, -0.1) is 0 Å². The molecule has 106 valence electrons. The number of hydrogen-bond acceptors (Lipinski definition) is 1. The number of carbonyl (C=O) groups excluding carboxylic acids is 1. The van der Waals surface area contributed by atoms with E-state index >= 15 is 0 Å². The van der Waals surface area contributed by atoms with Crippen LogP contribution >= 0.6 is 0 Å². The van der Waals surface area contributed by atoms with Crippen molar-refractivity contribution in [2.45, 2.75) is 18.9 Å². The van der Waals surface area contributed by atoms with Crippen molar-refractivity contribution >= 4 is 11.7 Å². The van der Waals surface area contributed by atoms with Crippen LogP contribution in [-0.2, 0) is 0 Å². The average Bonchev–Trinajstić information content (AvgIpc) is 3.35. The Labute approximate surface area is 124 Å². The Morgan fingerprint density at radius 3 is 2.48 bits per heavy atom. The summed E-state index contributed by atoms with van der Waals surface area (Å²) in [6.45, 7) is 0.838. The van der Waals surface area contributed by atoms with Gasteiger partial charge in [-0.05, 0) is 30.4 Å². The van der Waals surface area contributed by atoms with Gasteiger partial charge in [-0.25, -0.2) is 4.79 Å². The monoisotopic (exact) mass is 278 g/mol. The largest absolute Gasteiger partial charge is 0.327 e. The van der Waals surface area contributed by atoms with Crippen molar-refractivity contribution < 1.29 is 4.79 Å². The van der Waals surface area contributed by atoms with Gasteiger partial charge in [0, 0.05) is 12.1 Å². The first-order valence-electron chi connectivity index (χ1n) is 7.55. The fraction of sp³-hybridized carbons (Fsp3) is 0.278. The number of benzene rings is 2. The van der Waals surface area contributed by atoms with Crippen molar-refractivity contribution in [3.63, 3.8) is 0 Å². The number of fused-ring (bicyclic) bond motifs is 1. The highest BCUT2D eigenvalue weighted by atomic mass is 16.2. The van der Waals surface area contributed by atoms with E-state index in [2.05, 4.69) is 29.6 Å². The Kier molecular flexibility index (Phi) is 2.92. The fourth-order valence-electron chi connectivity index (χ4n) is 3.01. The van der Waals surface area contributed by atoms with Crippen LogP contribution in [0.25, 0.3) is 0 Å². The third-order valence-corrected chi connectivity index (χ3v) is 4.32. The number of anilines is 1. The second kappa shape index (κ2) is 4.92. The molecule has 2 aromatic rings. The maximum absolute atomic E-state index is 12.5. The van der Waals surface area contributed by atoms with Crippen molar-refractivity contribution in [2.24, 2.45) is 5.92 Å². The highest BCUT2D eigenvalue weighted by molar-refractivity contribution is 5.96. The Balaban J connectivity index is 1.76. The zero-order valence-electron chi connectivity index (χ0n) is 11.8. The molecule has 1 unspecified atom stereocenters. The second-order valence-electron chi connectivity index (χ2n) is 5.91. The quantitative estimate of drug-likeness (QED) is 0.912. The van der Waals surface area contributed by atoms with E-state index in [0.717, 1.165) is 17.8 Å². The van der Waals surface area contributed by atoms with Crippen LogP contribution in [0, 0.1) is 5.92 Å². The summed E-state index contributed by atoms with van der Waals surface area (Å²) in [4.78, 5) is 14.4. The van der Waals surface area contributed by atoms with Gasteiger partial charge in [0.1, 0.15) is 0 Å². The van der Waals surface area contributed by atoms with Crippen LogP contribution in [0.15, 0.2) is 54.6 Å². The standard InChI is InChI=1S/C18H18N2O/c21-18-19-17(14-6-2-1-3-7-14)15-8-4-5-9-16(15)20(18)12-13-10-11-13/h1-9,13,17H,10-12H2,(H,19,21). The lowest BCUT2D eigenvalue weighted by Gasteiger charge is -2.35. The minimum atomic E-state index is -0.0506. The Hall–Kier alpha value is -2.29. The van der Waals surface area contributed by atoms with Gasteiger partial charge in [0.25, 0.3) is 0 Å². The smallest absolute Gasteiger partial charge is 0.322 e. The zero-order valence-corrected chi connectivity index (χ0v) is 11.8. The van der Waals surface area contributed by atoms with E-state index in [-0.39, 0.29) is 12.1 Å². The van der Waals surface area contributed by atoms with E-state index in [4.69, 9.17) is 0 Å². The summed E-state index contributed by atoms with van der Waals surface area (Å²) < 4.78 is 0. The zero-order chi connectivity index (χ0) is 14.2. The molecular weight excluding hydrogens is 260 g/mol. The Morgan fingerprint density at radius 2 is 1.71 bits per heavy atom. The molecule has 1 heterocycles. The molecule has 1 fully saturated rings. The SMILES string of the molecule is O=C1NC(c2ccccc2)c2ccccc2N1CC1CC1. The molecule has 0 saturated heterocycles. The van der Waals surface area contributed by atoms with E-state index in [0.29, 0.717) is 5.92 Å². The summed E-state index contributed by atoms with van der Waals surface area (Å²) in [5.41, 5.74) is 3.37. The highest BCUT2D eigenvalue weighted by Crippen LogP contribution is 2.38. The van der Waals surface area contributed by atoms with Crippen LogP contribution in [0.1, 0.15) is 30.0 Å². The van der Waals surface area contributed by atoms with E-state index in [1.807, 2.05) is 35.2 Å². The molecule has 1 N–H and O–H groups in total. The number of urea groups is 1. The third kappa shape index (κ3) is 2.29. The summed E-state index contributed by atoms with van der Waals surface area (Å²) in [6.07, 6.45) is 2.49. The molecule has 4 rings (SSSR count). The predicted octanol–water partition coefficient (Wildman–Crippen LogP) is 3.72. The van der Waals surface area contributed by atoms with Crippen molar-refractivity contribution in [1.29, 1.82) is 0 Å². The highest BCUT2D eigenvalue weighted by Gasteiger charge is 2.34.